The quantitative estimate of drug-likeness (QED) is 0.418. The maximum Gasteiger partial charge on any atom is 0.252 e. The molecule has 1 saturated carbocycles. The van der Waals surface area contributed by atoms with Crippen LogP contribution < -0.4 is 10.1 Å². The Hall–Kier alpha value is -3.78. The number of methoxy groups -OCH3 is 1. The number of carbonyl (C=O) groups is 1. The minimum atomic E-state index is -0.122. The zero-order valence-corrected chi connectivity index (χ0v) is 20.5. The number of aromatic nitrogens is 4. The normalized spacial score (nSPS) is 14.3. The molecule has 0 bridgehead atoms. The van der Waals surface area contributed by atoms with Crippen LogP contribution in [0.4, 0.5) is 0 Å². The van der Waals surface area contributed by atoms with Crippen LogP contribution in [0.2, 0.25) is 0 Å². The van der Waals surface area contributed by atoms with Gasteiger partial charge >= 0.3 is 0 Å². The van der Waals surface area contributed by atoms with E-state index in [0.29, 0.717) is 29.5 Å². The molecule has 3 heterocycles. The number of carbonyl (C=O) groups excluding carboxylic acids is 1. The Labute approximate surface area is 205 Å². The van der Waals surface area contributed by atoms with Gasteiger partial charge in [0.1, 0.15) is 5.75 Å². The van der Waals surface area contributed by atoms with E-state index < -0.39 is 0 Å². The summed E-state index contributed by atoms with van der Waals surface area (Å²) >= 11 is 0. The topological polar surface area (TPSA) is 85.2 Å². The van der Waals surface area contributed by atoms with Gasteiger partial charge in [0.25, 0.3) is 5.91 Å². The van der Waals surface area contributed by atoms with Crippen LogP contribution in [-0.2, 0) is 0 Å². The van der Waals surface area contributed by atoms with Gasteiger partial charge in [-0.3, -0.25) is 4.79 Å². The molecule has 180 valence electrons. The Balaban J connectivity index is 1.48. The van der Waals surface area contributed by atoms with Crippen molar-refractivity contribution >= 4 is 16.9 Å². The van der Waals surface area contributed by atoms with E-state index in [9.17, 15) is 4.79 Å². The molecular weight excluding hydrogens is 440 g/mol. The van der Waals surface area contributed by atoms with Gasteiger partial charge in [-0.25, -0.2) is 9.97 Å². The van der Waals surface area contributed by atoms with Crippen molar-refractivity contribution in [3.63, 3.8) is 0 Å². The minimum Gasteiger partial charge on any atom is -0.497 e. The lowest BCUT2D eigenvalue weighted by Crippen LogP contribution is -2.34. The molecule has 1 fully saturated rings. The summed E-state index contributed by atoms with van der Waals surface area (Å²) in [7, 11) is 5.68. The van der Waals surface area contributed by atoms with Crippen molar-refractivity contribution in [1.29, 1.82) is 0 Å². The van der Waals surface area contributed by atoms with Gasteiger partial charge in [0.05, 0.1) is 29.8 Å². The highest BCUT2D eigenvalue weighted by Gasteiger charge is 2.29. The van der Waals surface area contributed by atoms with Gasteiger partial charge in [-0.2, -0.15) is 9.78 Å². The highest BCUT2D eigenvalue weighted by Crippen LogP contribution is 2.40. The number of nitrogens with one attached hydrogen (secondary N) is 1. The monoisotopic (exact) mass is 470 g/mol. The van der Waals surface area contributed by atoms with Gasteiger partial charge in [0.2, 0.25) is 0 Å². The summed E-state index contributed by atoms with van der Waals surface area (Å²) in [5, 5.41) is 8.64. The Kier molecular flexibility index (Phi) is 6.21. The van der Waals surface area contributed by atoms with Crippen LogP contribution in [0.15, 0.2) is 54.7 Å². The third-order valence-corrected chi connectivity index (χ3v) is 6.52. The molecule has 8 heteroatoms. The smallest absolute Gasteiger partial charge is 0.252 e. The summed E-state index contributed by atoms with van der Waals surface area (Å²) in [4.78, 5) is 25.1. The number of aryl methyl sites for hydroxylation is 1. The number of hydrogen-bond donors (Lipinski definition) is 1. The molecule has 1 aromatic carbocycles. The first-order chi connectivity index (χ1) is 17.0. The van der Waals surface area contributed by atoms with E-state index in [4.69, 9.17) is 14.8 Å². The Morgan fingerprint density at radius 2 is 1.97 bits per heavy atom. The second-order valence-corrected chi connectivity index (χ2v) is 9.22. The highest BCUT2D eigenvalue weighted by atomic mass is 16.5. The molecule has 8 nitrogen and oxygen atoms in total. The molecule has 3 aromatic heterocycles. The summed E-state index contributed by atoms with van der Waals surface area (Å²) in [6, 6.07) is 15.6. The first-order valence-electron chi connectivity index (χ1n) is 11.9. The SMILES string of the molecule is COc1ccc(C(CNC(=O)c2cc(C3CC3)nc3c2c(C)nn3-c2ccccn2)N(C)C)cc1. The lowest BCUT2D eigenvalue weighted by Gasteiger charge is -2.25. The molecule has 1 N–H and O–H groups in total. The van der Waals surface area contributed by atoms with Crippen LogP contribution in [0.5, 0.6) is 5.75 Å². The highest BCUT2D eigenvalue weighted by molar-refractivity contribution is 6.06. The van der Waals surface area contributed by atoms with E-state index in [2.05, 4.69) is 15.2 Å². The molecule has 0 spiro atoms. The van der Waals surface area contributed by atoms with E-state index in [1.54, 1.807) is 18.0 Å². The third kappa shape index (κ3) is 4.61. The Morgan fingerprint density at radius 1 is 1.20 bits per heavy atom. The molecule has 0 radical (unpaired) electrons. The van der Waals surface area contributed by atoms with E-state index in [0.717, 1.165) is 40.9 Å². The van der Waals surface area contributed by atoms with Gasteiger partial charge in [-0.15, -0.1) is 0 Å². The van der Waals surface area contributed by atoms with Crippen molar-refractivity contribution in [2.45, 2.75) is 31.7 Å². The molecule has 1 aliphatic rings. The zero-order valence-electron chi connectivity index (χ0n) is 20.5. The second kappa shape index (κ2) is 9.46. The standard InChI is InChI=1S/C27H30N6O2/c1-17-25-21(27(34)29-16-23(32(2)3)19-10-12-20(35-4)13-11-19)15-22(18-8-9-18)30-26(25)33(31-17)24-7-5-6-14-28-24/h5-7,10-15,18,23H,8-9,16H2,1-4H3,(H,29,34). The van der Waals surface area contributed by atoms with Crippen molar-refractivity contribution in [3.8, 4) is 11.6 Å². The van der Waals surface area contributed by atoms with E-state index in [1.807, 2.05) is 69.6 Å². The van der Waals surface area contributed by atoms with Crippen LogP contribution in [0.25, 0.3) is 16.9 Å². The molecular formula is C27H30N6O2. The molecule has 5 rings (SSSR count). The number of amides is 1. The molecule has 1 unspecified atom stereocenters. The van der Waals surface area contributed by atoms with Crippen LogP contribution >= 0.6 is 0 Å². The molecule has 1 atom stereocenters. The summed E-state index contributed by atoms with van der Waals surface area (Å²) in [5.74, 6) is 1.77. The average molecular weight is 471 g/mol. The zero-order chi connectivity index (χ0) is 24.5. The number of likely N-dealkylation sites (N-methyl/N-ethyl adjacent to an activating group) is 1. The van der Waals surface area contributed by atoms with Crippen LogP contribution in [0, 0.1) is 6.92 Å². The summed E-state index contributed by atoms with van der Waals surface area (Å²) in [6.07, 6.45) is 3.92. The van der Waals surface area contributed by atoms with Gasteiger partial charge in [-0.05, 0) is 69.8 Å². The van der Waals surface area contributed by atoms with E-state index in [-0.39, 0.29) is 11.9 Å². The second-order valence-electron chi connectivity index (χ2n) is 9.22. The van der Waals surface area contributed by atoms with E-state index in [1.165, 1.54) is 0 Å². The fourth-order valence-corrected chi connectivity index (χ4v) is 4.42. The van der Waals surface area contributed by atoms with Crippen molar-refractivity contribution in [2.75, 3.05) is 27.7 Å². The molecule has 35 heavy (non-hydrogen) atoms. The molecule has 1 amide bonds. The van der Waals surface area contributed by atoms with Crippen molar-refractivity contribution in [3.05, 3.63) is 77.2 Å². The summed E-state index contributed by atoms with van der Waals surface area (Å²) < 4.78 is 7.03. The fourth-order valence-electron chi connectivity index (χ4n) is 4.42. The van der Waals surface area contributed by atoms with Gasteiger partial charge in [-0.1, -0.05) is 18.2 Å². The lowest BCUT2D eigenvalue weighted by molar-refractivity contribution is 0.0943. The van der Waals surface area contributed by atoms with E-state index >= 15 is 0 Å². The Bertz CT molecular complexity index is 1340. The largest absolute Gasteiger partial charge is 0.497 e. The van der Waals surface area contributed by atoms with Crippen molar-refractivity contribution < 1.29 is 9.53 Å². The predicted molar refractivity (Wildman–Crippen MR) is 135 cm³/mol. The number of rotatable bonds is 8. The van der Waals surface area contributed by atoms with Gasteiger partial charge in [0, 0.05) is 24.4 Å². The third-order valence-electron chi connectivity index (χ3n) is 6.52. The first-order valence-corrected chi connectivity index (χ1v) is 11.9. The fraction of sp³-hybridized carbons (Fsp3) is 0.333. The number of benzene rings is 1. The summed E-state index contributed by atoms with van der Waals surface area (Å²) in [5.41, 5.74) is 4.09. The maximum absolute atomic E-state index is 13.6. The predicted octanol–water partition coefficient (Wildman–Crippen LogP) is 4.04. The lowest BCUT2D eigenvalue weighted by atomic mass is 10.0. The van der Waals surface area contributed by atoms with Crippen molar-refractivity contribution in [1.82, 2.24) is 30.0 Å². The first kappa shape index (κ1) is 23.0. The van der Waals surface area contributed by atoms with Crippen molar-refractivity contribution in [2.24, 2.45) is 0 Å². The Morgan fingerprint density at radius 3 is 2.60 bits per heavy atom. The van der Waals surface area contributed by atoms with Gasteiger partial charge < -0.3 is 15.0 Å². The number of pyridine rings is 2. The molecule has 0 saturated heterocycles. The maximum atomic E-state index is 13.6. The average Bonchev–Trinajstić information content (AvgIpc) is 3.68. The van der Waals surface area contributed by atoms with Crippen LogP contribution in [0.3, 0.4) is 0 Å². The minimum absolute atomic E-state index is 0.0161. The van der Waals surface area contributed by atoms with Crippen LogP contribution in [0.1, 0.15) is 52.1 Å². The van der Waals surface area contributed by atoms with Crippen LogP contribution in [-0.4, -0.2) is 58.3 Å². The number of ether oxygens (including phenoxy) is 1. The summed E-state index contributed by atoms with van der Waals surface area (Å²) in [6.45, 7) is 2.38. The number of fused-ring (bicyclic) bond motifs is 1. The number of nitrogens with zero attached hydrogens (tertiary/aromatic N) is 5. The molecule has 1 aliphatic carbocycles. The van der Waals surface area contributed by atoms with Gasteiger partial charge in [0.15, 0.2) is 11.5 Å². The number of hydrogen-bond acceptors (Lipinski definition) is 6. The molecule has 4 aromatic rings. The molecule has 0 aliphatic heterocycles.